The first-order valence-corrected chi connectivity index (χ1v) is 10.2. The number of hydrogen-bond donors (Lipinski definition) is 1. The largest absolute Gasteiger partial charge is 0.468 e. The van der Waals surface area contributed by atoms with Crippen LogP contribution in [0.5, 0.6) is 0 Å². The summed E-state index contributed by atoms with van der Waals surface area (Å²) in [4.78, 5) is 12.3. The third-order valence-electron chi connectivity index (χ3n) is 5.38. The first kappa shape index (κ1) is 17.4. The number of carbonyl (C=O) groups excluding carboxylic acids is 1. The Morgan fingerprint density at radius 1 is 1.12 bits per heavy atom. The molecule has 0 unspecified atom stereocenters. The Morgan fingerprint density at radius 3 is 2.42 bits per heavy atom. The predicted molar refractivity (Wildman–Crippen MR) is 91.3 cm³/mol. The van der Waals surface area contributed by atoms with Gasteiger partial charge in [0, 0.05) is 6.04 Å². The molecule has 1 aliphatic carbocycles. The average molecular weight is 351 g/mol. The van der Waals surface area contributed by atoms with Crippen molar-refractivity contribution in [2.45, 2.75) is 60.8 Å². The van der Waals surface area contributed by atoms with E-state index in [9.17, 15) is 13.2 Å². The molecular formula is C18H25NO4S. The van der Waals surface area contributed by atoms with Gasteiger partial charge in [-0.3, -0.25) is 10.1 Å². The molecule has 1 saturated heterocycles. The van der Waals surface area contributed by atoms with Crippen LogP contribution in [0, 0.1) is 5.92 Å². The van der Waals surface area contributed by atoms with Crippen LogP contribution in [0.3, 0.4) is 0 Å². The molecule has 1 heterocycles. The zero-order valence-corrected chi connectivity index (χ0v) is 14.8. The van der Waals surface area contributed by atoms with E-state index in [0.29, 0.717) is 10.8 Å². The zero-order valence-electron chi connectivity index (χ0n) is 14.0. The van der Waals surface area contributed by atoms with Crippen molar-refractivity contribution in [3.8, 4) is 0 Å². The maximum absolute atomic E-state index is 13.2. The zero-order chi connectivity index (χ0) is 17.2. The first-order valence-electron chi connectivity index (χ1n) is 8.67. The molecule has 132 valence electrons. The minimum Gasteiger partial charge on any atom is -0.468 e. The van der Waals surface area contributed by atoms with Crippen LogP contribution >= 0.6 is 0 Å². The Morgan fingerprint density at radius 2 is 1.79 bits per heavy atom. The molecule has 3 rings (SSSR count). The summed E-state index contributed by atoms with van der Waals surface area (Å²) in [7, 11) is -2.14. The number of carbonyl (C=O) groups is 1. The fourth-order valence-corrected chi connectivity index (χ4v) is 6.15. The number of hydrogen-bond acceptors (Lipinski definition) is 5. The van der Waals surface area contributed by atoms with Crippen LogP contribution in [-0.2, 0) is 19.4 Å². The summed E-state index contributed by atoms with van der Waals surface area (Å²) in [5.41, 5.74) is 0. The van der Waals surface area contributed by atoms with Gasteiger partial charge in [0.25, 0.3) is 0 Å². The number of rotatable bonds is 4. The Balaban J connectivity index is 1.91. The van der Waals surface area contributed by atoms with Crippen LogP contribution in [-0.4, -0.2) is 38.8 Å². The molecule has 0 spiro atoms. The highest BCUT2D eigenvalue weighted by molar-refractivity contribution is 7.92. The van der Waals surface area contributed by atoms with Gasteiger partial charge in [-0.25, -0.2) is 8.42 Å². The Hall–Kier alpha value is -1.40. The van der Waals surface area contributed by atoms with Gasteiger partial charge in [-0.2, -0.15) is 0 Å². The van der Waals surface area contributed by atoms with Crippen LogP contribution in [0.4, 0.5) is 0 Å². The lowest BCUT2D eigenvalue weighted by Crippen LogP contribution is -2.44. The van der Waals surface area contributed by atoms with Gasteiger partial charge >= 0.3 is 5.97 Å². The van der Waals surface area contributed by atoms with E-state index in [1.807, 2.05) is 6.07 Å². The van der Waals surface area contributed by atoms with Crippen molar-refractivity contribution in [2.75, 3.05) is 7.11 Å². The van der Waals surface area contributed by atoms with E-state index in [1.54, 1.807) is 24.3 Å². The fourth-order valence-electron chi connectivity index (χ4n) is 4.13. The second-order valence-corrected chi connectivity index (χ2v) is 8.97. The molecule has 3 atom stereocenters. The van der Waals surface area contributed by atoms with E-state index in [-0.39, 0.29) is 18.4 Å². The van der Waals surface area contributed by atoms with E-state index in [1.165, 1.54) is 13.5 Å². The highest BCUT2D eigenvalue weighted by Gasteiger charge is 2.48. The molecule has 2 fully saturated rings. The van der Waals surface area contributed by atoms with Gasteiger partial charge in [-0.05, 0) is 37.3 Å². The van der Waals surface area contributed by atoms with Crippen LogP contribution < -0.4 is 5.32 Å². The second kappa shape index (κ2) is 7.23. The highest BCUT2D eigenvalue weighted by atomic mass is 32.2. The molecule has 1 N–H and O–H groups in total. The molecule has 0 radical (unpaired) electrons. The number of sulfone groups is 1. The van der Waals surface area contributed by atoms with E-state index < -0.39 is 21.1 Å². The number of ether oxygens (including phenoxy) is 1. The molecular weight excluding hydrogens is 326 g/mol. The average Bonchev–Trinajstić information content (AvgIpc) is 3.09. The SMILES string of the molecule is COC(=O)[C@H]1C[C@@H](S(=O)(=O)c2ccccc2)[C@@H](C2CCCCC2)N1. The summed E-state index contributed by atoms with van der Waals surface area (Å²) in [6.07, 6.45) is 5.79. The minimum atomic E-state index is -3.48. The van der Waals surface area contributed by atoms with Gasteiger partial charge in [0.1, 0.15) is 6.04 Å². The summed E-state index contributed by atoms with van der Waals surface area (Å²) in [5, 5.41) is 2.71. The lowest BCUT2D eigenvalue weighted by molar-refractivity contribution is -0.142. The highest BCUT2D eigenvalue weighted by Crippen LogP contribution is 2.36. The van der Waals surface area contributed by atoms with Crippen LogP contribution in [0.25, 0.3) is 0 Å². The van der Waals surface area contributed by atoms with Gasteiger partial charge < -0.3 is 4.74 Å². The van der Waals surface area contributed by atoms with Crippen molar-refractivity contribution in [3.63, 3.8) is 0 Å². The topological polar surface area (TPSA) is 72.5 Å². The lowest BCUT2D eigenvalue weighted by Gasteiger charge is -2.31. The molecule has 0 bridgehead atoms. The van der Waals surface area contributed by atoms with Gasteiger partial charge in [-0.15, -0.1) is 0 Å². The lowest BCUT2D eigenvalue weighted by atomic mass is 9.83. The predicted octanol–water partition coefficient (Wildman–Crippen LogP) is 2.31. The van der Waals surface area contributed by atoms with Crippen molar-refractivity contribution in [1.82, 2.24) is 5.32 Å². The number of methoxy groups -OCH3 is 1. The summed E-state index contributed by atoms with van der Waals surface area (Å²) in [6, 6.07) is 7.84. The second-order valence-electron chi connectivity index (χ2n) is 6.80. The van der Waals surface area contributed by atoms with Crippen LogP contribution in [0.15, 0.2) is 35.2 Å². The van der Waals surface area contributed by atoms with E-state index in [0.717, 1.165) is 25.7 Å². The number of nitrogens with one attached hydrogen (secondary N) is 1. The van der Waals surface area contributed by atoms with Gasteiger partial charge in [-0.1, -0.05) is 37.5 Å². The van der Waals surface area contributed by atoms with Crippen LogP contribution in [0.1, 0.15) is 38.5 Å². The summed E-state index contributed by atoms with van der Waals surface area (Å²) < 4.78 is 31.1. The minimum absolute atomic E-state index is 0.181. The van der Waals surface area contributed by atoms with Gasteiger partial charge in [0.05, 0.1) is 17.3 Å². The molecule has 2 aliphatic rings. The fraction of sp³-hybridized carbons (Fsp3) is 0.611. The molecule has 24 heavy (non-hydrogen) atoms. The van der Waals surface area contributed by atoms with E-state index in [2.05, 4.69) is 5.32 Å². The molecule has 5 nitrogen and oxygen atoms in total. The van der Waals surface area contributed by atoms with Crippen molar-refractivity contribution in [2.24, 2.45) is 5.92 Å². The first-order chi connectivity index (χ1) is 11.5. The van der Waals surface area contributed by atoms with Gasteiger partial charge in [0.2, 0.25) is 0 Å². The molecule has 1 aromatic rings. The molecule has 1 aliphatic heterocycles. The summed E-state index contributed by atoms with van der Waals surface area (Å²) >= 11 is 0. The van der Waals surface area contributed by atoms with E-state index >= 15 is 0 Å². The van der Waals surface area contributed by atoms with Crippen molar-refractivity contribution < 1.29 is 17.9 Å². The molecule has 0 aromatic heterocycles. The number of benzene rings is 1. The quantitative estimate of drug-likeness (QED) is 0.843. The number of esters is 1. The Bertz CT molecular complexity index is 668. The smallest absolute Gasteiger partial charge is 0.322 e. The third-order valence-corrected chi connectivity index (χ3v) is 7.59. The molecule has 0 amide bonds. The standard InChI is InChI=1S/C18H25NO4S/c1-23-18(20)15-12-16(17(19-15)13-8-4-2-5-9-13)24(21,22)14-10-6-3-7-11-14/h3,6-7,10-11,13,15-17,19H,2,4-5,8-9,12H2,1H3/t15-,16-,17-/m1/s1. The summed E-state index contributed by atoms with van der Waals surface area (Å²) in [6.45, 7) is 0. The van der Waals surface area contributed by atoms with Crippen molar-refractivity contribution in [3.05, 3.63) is 30.3 Å². The van der Waals surface area contributed by atoms with Crippen LogP contribution in [0.2, 0.25) is 0 Å². The summed E-state index contributed by atoms with van der Waals surface area (Å²) in [5.74, 6) is -0.0709. The maximum atomic E-state index is 13.2. The molecule has 6 heteroatoms. The molecule has 1 saturated carbocycles. The Labute approximate surface area is 143 Å². The normalized spacial score (nSPS) is 28.6. The molecule has 1 aromatic carbocycles. The van der Waals surface area contributed by atoms with Gasteiger partial charge in [0.15, 0.2) is 9.84 Å². The van der Waals surface area contributed by atoms with Crippen molar-refractivity contribution >= 4 is 15.8 Å². The van der Waals surface area contributed by atoms with E-state index in [4.69, 9.17) is 4.74 Å². The van der Waals surface area contributed by atoms with Crippen molar-refractivity contribution in [1.29, 1.82) is 0 Å². The Kier molecular flexibility index (Phi) is 5.25. The third kappa shape index (κ3) is 3.35. The maximum Gasteiger partial charge on any atom is 0.322 e. The monoisotopic (exact) mass is 351 g/mol.